The molecular weight excluding hydrogens is 338 g/mol. The highest BCUT2D eigenvalue weighted by Gasteiger charge is 2.30. The molecule has 0 aliphatic carbocycles. The number of anilines is 2. The molecule has 0 unspecified atom stereocenters. The van der Waals surface area contributed by atoms with E-state index in [0.29, 0.717) is 11.6 Å². The van der Waals surface area contributed by atoms with Crippen molar-refractivity contribution in [2.45, 2.75) is 39.2 Å². The van der Waals surface area contributed by atoms with Crippen LogP contribution in [0, 0.1) is 13.8 Å². The lowest BCUT2D eigenvalue weighted by atomic mass is 10.0. The summed E-state index contributed by atoms with van der Waals surface area (Å²) in [4.78, 5) is 27.9. The number of aryl methyl sites for hydroxylation is 2. The summed E-state index contributed by atoms with van der Waals surface area (Å²) < 4.78 is 5.02. The molecule has 3 heterocycles. The fraction of sp³-hybridized carbons (Fsp3) is 0.529. The quantitative estimate of drug-likeness (QED) is 0.882. The molecule has 0 saturated carbocycles. The molecule has 2 aromatic heterocycles. The third kappa shape index (κ3) is 4.32. The highest BCUT2D eigenvalue weighted by Crippen LogP contribution is 2.30. The molecule has 1 atom stereocenters. The van der Waals surface area contributed by atoms with Gasteiger partial charge in [0, 0.05) is 30.8 Å². The fourth-order valence-electron chi connectivity index (χ4n) is 3.03. The van der Waals surface area contributed by atoms with Crippen LogP contribution in [0.15, 0.2) is 11.4 Å². The third-order valence-corrected chi connectivity index (χ3v) is 4.99. The van der Waals surface area contributed by atoms with Gasteiger partial charge >= 0.3 is 0 Å². The Morgan fingerprint density at radius 2 is 2.16 bits per heavy atom. The van der Waals surface area contributed by atoms with Gasteiger partial charge in [-0.25, -0.2) is 15.0 Å². The molecule has 134 valence electrons. The fourth-order valence-corrected chi connectivity index (χ4v) is 3.73. The number of likely N-dealkylation sites (tertiary alicyclic amines) is 1. The lowest BCUT2D eigenvalue weighted by molar-refractivity contribution is -0.139. The number of methoxy groups -OCH3 is 1. The predicted octanol–water partition coefficient (Wildman–Crippen LogP) is 2.99. The van der Waals surface area contributed by atoms with Gasteiger partial charge < -0.3 is 15.0 Å². The highest BCUT2D eigenvalue weighted by molar-refractivity contribution is 7.13. The van der Waals surface area contributed by atoms with Crippen molar-refractivity contribution >= 4 is 28.2 Å². The molecule has 0 radical (unpaired) electrons. The van der Waals surface area contributed by atoms with Crippen LogP contribution in [0.3, 0.4) is 0 Å². The number of nitrogens with zero attached hydrogens (tertiary/aromatic N) is 4. The minimum atomic E-state index is -0.102. The van der Waals surface area contributed by atoms with Crippen molar-refractivity contribution in [2.75, 3.05) is 25.6 Å². The first-order chi connectivity index (χ1) is 12.1. The molecule has 0 aromatic carbocycles. The van der Waals surface area contributed by atoms with E-state index in [1.165, 1.54) is 7.11 Å². The van der Waals surface area contributed by atoms with Crippen LogP contribution in [0.1, 0.15) is 42.5 Å². The first-order valence-corrected chi connectivity index (χ1v) is 9.28. The number of piperidine rings is 1. The van der Waals surface area contributed by atoms with Gasteiger partial charge in [0.2, 0.25) is 5.91 Å². The summed E-state index contributed by atoms with van der Waals surface area (Å²) in [5.41, 5.74) is 1.84. The normalized spacial score (nSPS) is 17.6. The smallest absolute Gasteiger partial charge is 0.249 e. The number of nitrogens with one attached hydrogen (secondary N) is 1. The van der Waals surface area contributed by atoms with E-state index in [1.54, 1.807) is 11.3 Å². The first-order valence-electron chi connectivity index (χ1n) is 8.40. The Hall–Kier alpha value is -2.06. The molecule has 1 N–H and O–H groups in total. The molecule has 7 nitrogen and oxygen atoms in total. The molecular formula is C17H23N5O2S. The standard InChI is InChI=1S/C17H23N5O2S/c1-11-8-14(21-17-19-12(2)10-25-17)20-16(18-11)13-6-4-5-7-22(13)15(23)9-24-3/h8,10,13H,4-7,9H2,1-3H3,(H,18,19,20,21)/t13-/m0/s1. The van der Waals surface area contributed by atoms with Crippen molar-refractivity contribution in [3.8, 4) is 0 Å². The molecule has 3 rings (SSSR count). The van der Waals surface area contributed by atoms with Gasteiger partial charge in [0.25, 0.3) is 0 Å². The summed E-state index contributed by atoms with van der Waals surface area (Å²) >= 11 is 1.54. The average molecular weight is 361 g/mol. The third-order valence-electron chi connectivity index (χ3n) is 4.11. The molecule has 0 bridgehead atoms. The zero-order chi connectivity index (χ0) is 17.8. The largest absolute Gasteiger partial charge is 0.375 e. The van der Waals surface area contributed by atoms with Crippen molar-refractivity contribution in [2.24, 2.45) is 0 Å². The van der Waals surface area contributed by atoms with E-state index in [-0.39, 0.29) is 18.6 Å². The van der Waals surface area contributed by atoms with Crippen LogP contribution < -0.4 is 5.32 Å². The SMILES string of the molecule is COCC(=O)N1CCCC[C@H]1c1nc(C)cc(Nc2nc(C)cs2)n1. The zero-order valence-electron chi connectivity index (χ0n) is 14.8. The number of thiazole rings is 1. The Balaban J connectivity index is 1.85. The van der Waals surface area contributed by atoms with Crippen LogP contribution in [0.2, 0.25) is 0 Å². The number of ether oxygens (including phenoxy) is 1. The van der Waals surface area contributed by atoms with Crippen molar-refractivity contribution in [3.63, 3.8) is 0 Å². The van der Waals surface area contributed by atoms with Crippen LogP contribution in [-0.2, 0) is 9.53 Å². The molecule has 2 aromatic rings. The van der Waals surface area contributed by atoms with Crippen molar-refractivity contribution in [1.82, 2.24) is 19.9 Å². The molecule has 25 heavy (non-hydrogen) atoms. The Morgan fingerprint density at radius 1 is 1.32 bits per heavy atom. The van der Waals surface area contributed by atoms with Crippen LogP contribution in [0.4, 0.5) is 10.9 Å². The summed E-state index contributed by atoms with van der Waals surface area (Å²) in [6.45, 7) is 4.71. The Kier molecular flexibility index (Phi) is 5.60. The summed E-state index contributed by atoms with van der Waals surface area (Å²) in [6, 6.07) is 1.79. The van der Waals surface area contributed by atoms with E-state index in [9.17, 15) is 4.79 Å². The summed E-state index contributed by atoms with van der Waals surface area (Å²) in [7, 11) is 1.54. The maximum Gasteiger partial charge on any atom is 0.249 e. The lowest BCUT2D eigenvalue weighted by Crippen LogP contribution is -2.41. The Bertz CT molecular complexity index is 748. The number of rotatable bonds is 5. The Morgan fingerprint density at radius 3 is 2.88 bits per heavy atom. The van der Waals surface area contributed by atoms with Gasteiger partial charge in [-0.3, -0.25) is 4.79 Å². The molecule has 1 aliphatic rings. The van der Waals surface area contributed by atoms with Gasteiger partial charge in [-0.1, -0.05) is 0 Å². The monoisotopic (exact) mass is 361 g/mol. The maximum absolute atomic E-state index is 12.4. The minimum Gasteiger partial charge on any atom is -0.375 e. The molecule has 8 heteroatoms. The van der Waals surface area contributed by atoms with Crippen LogP contribution >= 0.6 is 11.3 Å². The van der Waals surface area contributed by atoms with Gasteiger partial charge in [0.1, 0.15) is 12.4 Å². The van der Waals surface area contributed by atoms with Gasteiger partial charge in [-0.2, -0.15) is 0 Å². The van der Waals surface area contributed by atoms with E-state index in [1.807, 2.05) is 30.2 Å². The topological polar surface area (TPSA) is 80.2 Å². The van der Waals surface area contributed by atoms with Crippen LogP contribution in [0.25, 0.3) is 0 Å². The molecule has 1 aliphatic heterocycles. The van der Waals surface area contributed by atoms with Crippen molar-refractivity contribution < 1.29 is 9.53 Å². The van der Waals surface area contributed by atoms with Crippen LogP contribution in [-0.4, -0.2) is 46.0 Å². The van der Waals surface area contributed by atoms with Gasteiger partial charge in [0.15, 0.2) is 11.0 Å². The van der Waals surface area contributed by atoms with E-state index >= 15 is 0 Å². The van der Waals surface area contributed by atoms with Crippen molar-refractivity contribution in [1.29, 1.82) is 0 Å². The molecule has 1 fully saturated rings. The minimum absolute atomic E-state index is 0.0117. The average Bonchev–Trinajstić information content (AvgIpc) is 2.99. The number of hydrogen-bond acceptors (Lipinski definition) is 7. The van der Waals surface area contributed by atoms with Crippen LogP contribution in [0.5, 0.6) is 0 Å². The predicted molar refractivity (Wildman–Crippen MR) is 97.1 cm³/mol. The van der Waals surface area contributed by atoms with Crippen molar-refractivity contribution in [3.05, 3.63) is 28.7 Å². The summed E-state index contributed by atoms with van der Waals surface area (Å²) in [5.74, 6) is 1.38. The molecule has 1 saturated heterocycles. The second-order valence-corrected chi connectivity index (χ2v) is 7.06. The summed E-state index contributed by atoms with van der Waals surface area (Å²) in [6.07, 6.45) is 2.93. The summed E-state index contributed by atoms with van der Waals surface area (Å²) in [5, 5.41) is 6.04. The Labute approximate surface area is 151 Å². The number of carbonyl (C=O) groups excluding carboxylic acids is 1. The number of hydrogen-bond donors (Lipinski definition) is 1. The number of amides is 1. The molecule has 0 spiro atoms. The second kappa shape index (κ2) is 7.88. The van der Waals surface area contributed by atoms with E-state index in [4.69, 9.17) is 4.74 Å². The van der Waals surface area contributed by atoms with E-state index < -0.39 is 0 Å². The number of aromatic nitrogens is 3. The van der Waals surface area contributed by atoms with Gasteiger partial charge in [-0.15, -0.1) is 11.3 Å². The second-order valence-electron chi connectivity index (χ2n) is 6.20. The molecule has 1 amide bonds. The number of carbonyl (C=O) groups is 1. The van der Waals surface area contributed by atoms with Gasteiger partial charge in [-0.05, 0) is 33.1 Å². The van der Waals surface area contributed by atoms with E-state index in [2.05, 4.69) is 20.3 Å². The maximum atomic E-state index is 12.4. The highest BCUT2D eigenvalue weighted by atomic mass is 32.1. The zero-order valence-corrected chi connectivity index (χ0v) is 15.6. The lowest BCUT2D eigenvalue weighted by Gasteiger charge is -2.34. The van der Waals surface area contributed by atoms with E-state index in [0.717, 1.165) is 42.3 Å². The van der Waals surface area contributed by atoms with Gasteiger partial charge in [0.05, 0.1) is 11.7 Å². The first kappa shape index (κ1) is 17.8.